The van der Waals surface area contributed by atoms with E-state index in [9.17, 15) is 45.5 Å². The van der Waals surface area contributed by atoms with Crippen molar-refractivity contribution in [3.05, 3.63) is 173 Å². The lowest BCUT2D eigenvalue weighted by Crippen LogP contribution is -2.31. The molecule has 24 heteroatoms. The number of aromatic nitrogens is 5. The maximum absolute atomic E-state index is 14.2. The summed E-state index contributed by atoms with van der Waals surface area (Å²) in [7, 11) is 0. The number of aromatic amines is 3. The largest absolute Gasteiger partial charge is 0.404 e. The third-order valence-electron chi connectivity index (χ3n) is 13.4. The molecule has 3 amide bonds. The van der Waals surface area contributed by atoms with Gasteiger partial charge >= 0.3 is 0 Å². The molecule has 0 spiro atoms. The van der Waals surface area contributed by atoms with Gasteiger partial charge in [-0.15, -0.1) is 0 Å². The van der Waals surface area contributed by atoms with E-state index in [1.807, 2.05) is 0 Å². The molecule has 8 aromatic rings. The highest BCUT2D eigenvalue weighted by Gasteiger charge is 2.26. The fourth-order valence-electron chi connectivity index (χ4n) is 9.15. The zero-order valence-corrected chi connectivity index (χ0v) is 43.8. The van der Waals surface area contributed by atoms with Crippen LogP contribution in [-0.2, 0) is 14.2 Å². The number of benzene rings is 3. The second-order valence-corrected chi connectivity index (χ2v) is 19.6. The second-order valence-electron chi connectivity index (χ2n) is 18.8. The van der Waals surface area contributed by atoms with Crippen LogP contribution in [0.3, 0.4) is 0 Å². The molecule has 3 fully saturated rings. The van der Waals surface area contributed by atoms with Crippen molar-refractivity contribution in [1.29, 1.82) is 0 Å². The summed E-state index contributed by atoms with van der Waals surface area (Å²) in [5, 5.41) is 12.1. The number of nitrogens with zero attached hydrogens (tertiary/aromatic N) is 2. The lowest BCUT2D eigenvalue weighted by molar-refractivity contribution is 0.0850. The van der Waals surface area contributed by atoms with Gasteiger partial charge in [0.15, 0.2) is 46.4 Å². The summed E-state index contributed by atoms with van der Waals surface area (Å²) < 4.78 is 109. The Balaban J connectivity index is 0.000000147. The number of nitrogens with one attached hydrogen (secondary N) is 6. The Kier molecular flexibility index (Phi) is 18.7. The van der Waals surface area contributed by atoms with Crippen molar-refractivity contribution >= 4 is 40.6 Å². The van der Waals surface area contributed by atoms with E-state index in [-0.39, 0.29) is 75.3 Å². The minimum atomic E-state index is -1.16. The standard InChI is InChI=1S/C19H17F2N3O3.C19H19F2N3O3.C19H17F2N3O2S/c20-15-5-1-4-13(17(15)21)14-10-24-27-18(14)11-7-16(22-8-11)19(25)23-9-12-3-2-6-26-12;20-15-5-1-4-13(17(15)21)14(8-22)18(25)11-7-16(23-9-11)19(26)24-10-12-3-2-6-27-12;20-15-5-1-4-13(17(15)21)14-10-24-27-18(14)11-7-16(22-8-11)19(25)23-9-12-3-2-6-26-12/h1,4-5,7-8,10,12,22H,2-3,6,9H2,(H,23,25);1,4-5,7-9,12,23H,2-3,6,10,22H2,(H,24,26);1,4-5,7-8,10,12,22H,2-3,6,9H2,(H,23,25)/b;14-8-;/t3*12-/m000/s1. The molecule has 8 N–H and O–H groups in total. The fraction of sp³-hybridized carbons (Fsp3) is 0.263. The molecule has 422 valence electrons. The summed E-state index contributed by atoms with van der Waals surface area (Å²) in [5.41, 5.74) is 8.20. The van der Waals surface area contributed by atoms with Crippen LogP contribution in [0.1, 0.15) is 85.9 Å². The van der Waals surface area contributed by atoms with Gasteiger partial charge in [-0.1, -0.05) is 41.6 Å². The smallest absolute Gasteiger partial charge is 0.267 e. The fourth-order valence-corrected chi connectivity index (χ4v) is 9.90. The van der Waals surface area contributed by atoms with Gasteiger partial charge in [-0.3, -0.25) is 19.2 Å². The predicted octanol–water partition coefficient (Wildman–Crippen LogP) is 9.90. The summed E-state index contributed by atoms with van der Waals surface area (Å²) in [6.07, 6.45) is 14.1. The number of halogens is 6. The Bertz CT molecular complexity index is 3380. The Hall–Kier alpha value is -8.58. The maximum Gasteiger partial charge on any atom is 0.267 e. The van der Waals surface area contributed by atoms with Crippen molar-refractivity contribution < 1.29 is 64.3 Å². The summed E-state index contributed by atoms with van der Waals surface area (Å²) in [5.74, 6) is -7.29. The highest BCUT2D eigenvalue weighted by atomic mass is 32.1. The first-order chi connectivity index (χ1) is 39.3. The zero-order valence-electron chi connectivity index (χ0n) is 43.0. The highest BCUT2D eigenvalue weighted by molar-refractivity contribution is 7.10. The summed E-state index contributed by atoms with van der Waals surface area (Å²) in [4.78, 5) is 58.6. The lowest BCUT2D eigenvalue weighted by Gasteiger charge is -2.09. The van der Waals surface area contributed by atoms with Crippen LogP contribution < -0.4 is 21.7 Å². The molecule has 0 aliphatic carbocycles. The monoisotopic (exact) mass is 1140 g/mol. The molecule has 11 rings (SSSR count). The van der Waals surface area contributed by atoms with Crippen LogP contribution >= 0.6 is 11.5 Å². The predicted molar refractivity (Wildman–Crippen MR) is 286 cm³/mol. The van der Waals surface area contributed by atoms with Crippen LogP contribution in [0.15, 0.2) is 115 Å². The molecule has 8 heterocycles. The van der Waals surface area contributed by atoms with Crippen LogP contribution in [0.4, 0.5) is 26.3 Å². The van der Waals surface area contributed by atoms with Gasteiger partial charge in [0.1, 0.15) is 17.1 Å². The number of ether oxygens (including phenoxy) is 3. The summed E-state index contributed by atoms with van der Waals surface area (Å²) in [6.45, 7) is 3.43. The zero-order chi connectivity index (χ0) is 57.0. The summed E-state index contributed by atoms with van der Waals surface area (Å²) in [6, 6.07) is 16.0. The van der Waals surface area contributed by atoms with E-state index in [0.29, 0.717) is 64.8 Å². The van der Waals surface area contributed by atoms with Crippen LogP contribution in [0, 0.1) is 34.9 Å². The number of nitrogens with two attached hydrogens (primary N) is 1. The molecule has 17 nitrogen and oxygen atoms in total. The molecule has 3 aliphatic rings. The Morgan fingerprint density at radius 2 is 1.07 bits per heavy atom. The molecular formula is C57H53F6N9O8S. The van der Waals surface area contributed by atoms with E-state index >= 15 is 0 Å². The third-order valence-corrected chi connectivity index (χ3v) is 14.2. The number of carbonyl (C=O) groups is 4. The number of hydrogen-bond acceptors (Lipinski definition) is 12. The average molecular weight is 1140 g/mol. The van der Waals surface area contributed by atoms with E-state index in [1.165, 1.54) is 61.1 Å². The van der Waals surface area contributed by atoms with Gasteiger partial charge in [-0.25, -0.2) is 26.3 Å². The first kappa shape index (κ1) is 57.1. The van der Waals surface area contributed by atoms with E-state index in [2.05, 4.69) is 40.4 Å². The van der Waals surface area contributed by atoms with Crippen LogP contribution in [0.2, 0.25) is 0 Å². The number of hydrogen-bond donors (Lipinski definition) is 7. The minimum Gasteiger partial charge on any atom is -0.404 e. The number of carbonyl (C=O) groups excluding carboxylic acids is 4. The molecule has 81 heavy (non-hydrogen) atoms. The molecule has 0 saturated carbocycles. The van der Waals surface area contributed by atoms with Crippen LogP contribution in [0.5, 0.6) is 0 Å². The second kappa shape index (κ2) is 26.6. The molecule has 5 aromatic heterocycles. The number of H-pyrrole nitrogens is 3. The van der Waals surface area contributed by atoms with Crippen molar-refractivity contribution in [2.24, 2.45) is 5.73 Å². The molecule has 3 aromatic carbocycles. The molecule has 3 aliphatic heterocycles. The van der Waals surface area contributed by atoms with Crippen LogP contribution in [0.25, 0.3) is 49.6 Å². The number of amides is 3. The first-order valence-electron chi connectivity index (χ1n) is 25.7. The molecule has 3 atom stereocenters. The van der Waals surface area contributed by atoms with Crippen molar-refractivity contribution in [1.82, 2.24) is 40.4 Å². The van der Waals surface area contributed by atoms with Gasteiger partial charge in [0.05, 0.1) is 34.9 Å². The summed E-state index contributed by atoms with van der Waals surface area (Å²) >= 11 is 1.16. The molecular weight excluding hydrogens is 1080 g/mol. The van der Waals surface area contributed by atoms with E-state index < -0.39 is 40.7 Å². The third kappa shape index (κ3) is 13.7. The van der Waals surface area contributed by atoms with Gasteiger partial charge in [-0.2, -0.15) is 4.37 Å². The number of allylic oxidation sites excluding steroid dienone is 1. The Labute approximate surface area is 462 Å². The highest BCUT2D eigenvalue weighted by Crippen LogP contribution is 2.38. The van der Waals surface area contributed by atoms with E-state index in [1.54, 1.807) is 24.5 Å². The van der Waals surface area contributed by atoms with Gasteiger partial charge in [0, 0.05) is 115 Å². The number of ketones is 1. The number of rotatable bonds is 16. The molecule has 0 unspecified atom stereocenters. The van der Waals surface area contributed by atoms with Gasteiger partial charge < -0.3 is 55.4 Å². The average Bonchev–Trinajstić information content (AvgIpc) is 4.45. The Morgan fingerprint density at radius 1 is 0.593 bits per heavy atom. The normalized spacial score (nSPS) is 16.8. The minimum absolute atomic E-state index is 0.00672. The molecule has 0 radical (unpaired) electrons. The van der Waals surface area contributed by atoms with Crippen molar-refractivity contribution in [3.63, 3.8) is 0 Å². The van der Waals surface area contributed by atoms with Crippen molar-refractivity contribution in [2.45, 2.75) is 56.8 Å². The first-order valence-corrected chi connectivity index (χ1v) is 26.5. The van der Waals surface area contributed by atoms with Gasteiger partial charge in [0.25, 0.3) is 17.7 Å². The van der Waals surface area contributed by atoms with E-state index in [0.717, 1.165) is 87.7 Å². The maximum atomic E-state index is 14.2. The van der Waals surface area contributed by atoms with Crippen molar-refractivity contribution in [3.8, 4) is 44.0 Å². The number of Topliss-reactive ketones (excluding diaryl/α,β-unsaturated/α-hetero) is 1. The van der Waals surface area contributed by atoms with E-state index in [4.69, 9.17) is 24.5 Å². The van der Waals surface area contributed by atoms with Crippen molar-refractivity contribution in [2.75, 3.05) is 39.5 Å². The lowest BCUT2D eigenvalue weighted by atomic mass is 9.98. The quantitative estimate of drug-likeness (QED) is 0.0273. The van der Waals surface area contributed by atoms with Gasteiger partial charge in [-0.05, 0) is 86.5 Å². The van der Waals surface area contributed by atoms with Crippen LogP contribution in [-0.4, -0.2) is 106 Å². The van der Waals surface area contributed by atoms with Gasteiger partial charge in [0.2, 0.25) is 0 Å². The topological polar surface area (TPSA) is 244 Å². The molecule has 0 bridgehead atoms. The Morgan fingerprint density at radius 3 is 1.60 bits per heavy atom. The molecule has 3 saturated heterocycles. The SMILES string of the molecule is N/C=C(\C(=O)c1c[nH]c(C(=O)NC[C@@H]2CCCO2)c1)c1cccc(F)c1F.O=C(NC[C@@H]1CCCO1)c1cc(-c2oncc2-c2cccc(F)c2F)c[nH]1.O=C(NC[C@@H]1CCCO1)c1cc(-c2sncc2-c2cccc(F)c2F)c[nH]1.